The quantitative estimate of drug-likeness (QED) is 0.904. The zero-order valence-corrected chi connectivity index (χ0v) is 12.1. The second-order valence-electron chi connectivity index (χ2n) is 5.09. The van der Waals surface area contributed by atoms with Crippen LogP contribution in [-0.2, 0) is 0 Å². The van der Waals surface area contributed by atoms with Crippen molar-refractivity contribution in [1.29, 1.82) is 0 Å². The van der Waals surface area contributed by atoms with Gasteiger partial charge in [-0.15, -0.1) is 0 Å². The standard InChI is InChI=1S/C17H18N2O2/c1-11(2)19-17(21)15-13(12-7-4-3-5-8-12)9-6-10-14(15)16(18)20/h3-11H,1-2H3,(H2,18,20)(H,19,21). The van der Waals surface area contributed by atoms with Gasteiger partial charge in [0.1, 0.15) is 0 Å². The Morgan fingerprint density at radius 3 is 2.24 bits per heavy atom. The largest absolute Gasteiger partial charge is 0.366 e. The summed E-state index contributed by atoms with van der Waals surface area (Å²) >= 11 is 0. The number of nitrogens with two attached hydrogens (primary N) is 1. The zero-order valence-electron chi connectivity index (χ0n) is 12.1. The van der Waals surface area contributed by atoms with Crippen LogP contribution in [0.1, 0.15) is 34.6 Å². The number of carbonyl (C=O) groups is 2. The summed E-state index contributed by atoms with van der Waals surface area (Å²) in [6.45, 7) is 3.74. The Morgan fingerprint density at radius 2 is 1.67 bits per heavy atom. The van der Waals surface area contributed by atoms with E-state index in [4.69, 9.17) is 5.73 Å². The maximum Gasteiger partial charge on any atom is 0.252 e. The van der Waals surface area contributed by atoms with Gasteiger partial charge in [-0.05, 0) is 31.0 Å². The van der Waals surface area contributed by atoms with Crippen LogP contribution in [0.2, 0.25) is 0 Å². The van der Waals surface area contributed by atoms with Gasteiger partial charge in [0.15, 0.2) is 0 Å². The predicted octanol–water partition coefficient (Wildman–Crippen LogP) is 2.59. The van der Waals surface area contributed by atoms with Gasteiger partial charge in [-0.1, -0.05) is 42.5 Å². The molecule has 2 aromatic carbocycles. The summed E-state index contributed by atoms with van der Waals surface area (Å²) in [5, 5.41) is 2.82. The molecule has 2 rings (SSSR count). The van der Waals surface area contributed by atoms with Gasteiger partial charge in [0.25, 0.3) is 5.91 Å². The first-order chi connectivity index (χ1) is 10.0. The molecule has 4 heteroatoms. The van der Waals surface area contributed by atoms with E-state index >= 15 is 0 Å². The number of carbonyl (C=O) groups excluding carboxylic acids is 2. The molecule has 0 saturated carbocycles. The van der Waals surface area contributed by atoms with Gasteiger partial charge in [0.05, 0.1) is 11.1 Å². The van der Waals surface area contributed by atoms with Gasteiger partial charge >= 0.3 is 0 Å². The molecule has 21 heavy (non-hydrogen) atoms. The van der Waals surface area contributed by atoms with Crippen molar-refractivity contribution in [3.63, 3.8) is 0 Å². The number of rotatable bonds is 4. The van der Waals surface area contributed by atoms with E-state index in [-0.39, 0.29) is 17.5 Å². The van der Waals surface area contributed by atoms with E-state index in [9.17, 15) is 9.59 Å². The van der Waals surface area contributed by atoms with Crippen molar-refractivity contribution >= 4 is 11.8 Å². The van der Waals surface area contributed by atoms with Gasteiger partial charge < -0.3 is 11.1 Å². The fourth-order valence-electron chi connectivity index (χ4n) is 2.19. The molecule has 0 unspecified atom stereocenters. The molecule has 0 aromatic heterocycles. The highest BCUT2D eigenvalue weighted by molar-refractivity contribution is 6.11. The summed E-state index contributed by atoms with van der Waals surface area (Å²) in [6, 6.07) is 14.6. The highest BCUT2D eigenvalue weighted by Gasteiger charge is 2.20. The Balaban J connectivity index is 2.63. The van der Waals surface area contributed by atoms with Crippen LogP contribution in [-0.4, -0.2) is 17.9 Å². The normalized spacial score (nSPS) is 10.4. The SMILES string of the molecule is CC(C)NC(=O)c1c(C(N)=O)cccc1-c1ccccc1. The molecule has 0 bridgehead atoms. The van der Waals surface area contributed by atoms with Gasteiger partial charge in [-0.25, -0.2) is 0 Å². The van der Waals surface area contributed by atoms with Crippen LogP contribution in [0.4, 0.5) is 0 Å². The lowest BCUT2D eigenvalue weighted by Crippen LogP contribution is -2.32. The highest BCUT2D eigenvalue weighted by Crippen LogP contribution is 2.26. The molecule has 4 nitrogen and oxygen atoms in total. The lowest BCUT2D eigenvalue weighted by atomic mass is 9.94. The molecule has 2 aromatic rings. The van der Waals surface area contributed by atoms with Crippen LogP contribution < -0.4 is 11.1 Å². The molecule has 0 spiro atoms. The predicted molar refractivity (Wildman–Crippen MR) is 83.0 cm³/mol. The molecule has 0 fully saturated rings. The Labute approximate surface area is 124 Å². The smallest absolute Gasteiger partial charge is 0.252 e. The third-order valence-electron chi connectivity index (χ3n) is 3.06. The van der Waals surface area contributed by atoms with Crippen molar-refractivity contribution in [2.75, 3.05) is 0 Å². The van der Waals surface area contributed by atoms with Crippen molar-refractivity contribution in [2.45, 2.75) is 19.9 Å². The van der Waals surface area contributed by atoms with E-state index in [1.54, 1.807) is 12.1 Å². The minimum atomic E-state index is -0.610. The molecule has 0 heterocycles. The van der Waals surface area contributed by atoms with Crippen molar-refractivity contribution in [2.24, 2.45) is 5.73 Å². The lowest BCUT2D eigenvalue weighted by molar-refractivity contribution is 0.0928. The molecule has 3 N–H and O–H groups in total. The summed E-state index contributed by atoms with van der Waals surface area (Å²) in [5.74, 6) is -0.903. The first-order valence-electron chi connectivity index (χ1n) is 6.79. The van der Waals surface area contributed by atoms with Crippen molar-refractivity contribution < 1.29 is 9.59 Å². The highest BCUT2D eigenvalue weighted by atomic mass is 16.2. The van der Waals surface area contributed by atoms with E-state index in [0.29, 0.717) is 11.1 Å². The summed E-state index contributed by atoms with van der Waals surface area (Å²) in [5.41, 5.74) is 7.54. The third-order valence-corrected chi connectivity index (χ3v) is 3.06. The third kappa shape index (κ3) is 3.28. The number of amides is 2. The molecular weight excluding hydrogens is 264 g/mol. The average molecular weight is 282 g/mol. The number of hydrogen-bond acceptors (Lipinski definition) is 2. The number of primary amides is 1. The van der Waals surface area contributed by atoms with Crippen LogP contribution >= 0.6 is 0 Å². The molecule has 0 aliphatic heterocycles. The second kappa shape index (κ2) is 6.22. The minimum absolute atomic E-state index is 0.0259. The van der Waals surface area contributed by atoms with E-state index in [1.165, 1.54) is 0 Å². The van der Waals surface area contributed by atoms with Crippen LogP contribution in [0.5, 0.6) is 0 Å². The maximum absolute atomic E-state index is 12.5. The first kappa shape index (κ1) is 14.8. The van der Waals surface area contributed by atoms with Gasteiger partial charge in [-0.2, -0.15) is 0 Å². The van der Waals surface area contributed by atoms with E-state index in [1.807, 2.05) is 50.2 Å². The van der Waals surface area contributed by atoms with Gasteiger partial charge in [-0.3, -0.25) is 9.59 Å². The topological polar surface area (TPSA) is 72.2 Å². The fourth-order valence-corrected chi connectivity index (χ4v) is 2.19. The molecule has 0 radical (unpaired) electrons. The molecule has 0 aliphatic carbocycles. The van der Waals surface area contributed by atoms with Gasteiger partial charge in [0.2, 0.25) is 5.91 Å². The van der Waals surface area contributed by atoms with Crippen molar-refractivity contribution in [3.05, 3.63) is 59.7 Å². The van der Waals surface area contributed by atoms with Crippen molar-refractivity contribution in [1.82, 2.24) is 5.32 Å². The minimum Gasteiger partial charge on any atom is -0.366 e. The molecule has 0 saturated heterocycles. The number of benzene rings is 2. The van der Waals surface area contributed by atoms with Crippen LogP contribution in [0.25, 0.3) is 11.1 Å². The summed E-state index contributed by atoms with van der Waals surface area (Å²) in [4.78, 5) is 24.1. The van der Waals surface area contributed by atoms with Crippen LogP contribution in [0.3, 0.4) is 0 Å². The summed E-state index contributed by atoms with van der Waals surface area (Å²) in [7, 11) is 0. The van der Waals surface area contributed by atoms with E-state index in [2.05, 4.69) is 5.32 Å². The van der Waals surface area contributed by atoms with Gasteiger partial charge in [0, 0.05) is 6.04 Å². The Bertz CT molecular complexity index is 664. The molecule has 0 atom stereocenters. The first-order valence-corrected chi connectivity index (χ1v) is 6.79. The lowest BCUT2D eigenvalue weighted by Gasteiger charge is -2.15. The molecule has 2 amide bonds. The molecule has 108 valence electrons. The summed E-state index contributed by atoms with van der Waals surface area (Å²) in [6.07, 6.45) is 0. The maximum atomic E-state index is 12.5. The zero-order chi connectivity index (χ0) is 15.4. The van der Waals surface area contributed by atoms with Crippen molar-refractivity contribution in [3.8, 4) is 11.1 Å². The van der Waals surface area contributed by atoms with E-state index in [0.717, 1.165) is 5.56 Å². The Hall–Kier alpha value is -2.62. The Morgan fingerprint density at radius 1 is 1.00 bits per heavy atom. The number of hydrogen-bond donors (Lipinski definition) is 2. The van der Waals surface area contributed by atoms with E-state index < -0.39 is 5.91 Å². The monoisotopic (exact) mass is 282 g/mol. The Kier molecular flexibility index (Phi) is 4.38. The number of nitrogens with one attached hydrogen (secondary N) is 1. The second-order valence-corrected chi connectivity index (χ2v) is 5.09. The average Bonchev–Trinajstić information content (AvgIpc) is 2.46. The van der Waals surface area contributed by atoms with Crippen LogP contribution in [0.15, 0.2) is 48.5 Å². The molecular formula is C17H18N2O2. The fraction of sp³-hybridized carbons (Fsp3) is 0.176. The summed E-state index contributed by atoms with van der Waals surface area (Å²) < 4.78 is 0. The van der Waals surface area contributed by atoms with Crippen LogP contribution in [0, 0.1) is 0 Å². The molecule has 0 aliphatic rings.